The van der Waals surface area contributed by atoms with Crippen molar-refractivity contribution in [3.05, 3.63) is 81.9 Å². The highest BCUT2D eigenvalue weighted by molar-refractivity contribution is 6.06. The van der Waals surface area contributed by atoms with E-state index in [1.54, 1.807) is 36.4 Å². The van der Waals surface area contributed by atoms with E-state index in [2.05, 4.69) is 17.3 Å². The van der Waals surface area contributed by atoms with Gasteiger partial charge < -0.3 is 4.74 Å². The number of non-ortho nitro benzene ring substituents is 1. The Labute approximate surface area is 189 Å². The number of carbonyl (C=O) groups is 2. The number of hydrogen-bond acceptors (Lipinski definition) is 6. The number of hydrazone groups is 1. The number of benzene rings is 2. The van der Waals surface area contributed by atoms with Gasteiger partial charge in [-0.05, 0) is 77.6 Å². The number of rotatable bonds is 6. The van der Waals surface area contributed by atoms with E-state index in [1.807, 2.05) is 0 Å². The Balaban J connectivity index is 1.09. The van der Waals surface area contributed by atoms with Gasteiger partial charge in [-0.15, -0.1) is 0 Å². The average molecular weight is 443 g/mol. The molecule has 6 unspecified atom stereocenters. The first-order valence-corrected chi connectivity index (χ1v) is 11.1. The molecule has 2 aromatic rings. The van der Waals surface area contributed by atoms with Crippen molar-refractivity contribution in [2.45, 2.75) is 13.0 Å². The summed E-state index contributed by atoms with van der Waals surface area (Å²) in [7, 11) is 0. The van der Waals surface area contributed by atoms with Gasteiger partial charge in [-0.1, -0.05) is 12.2 Å². The monoisotopic (exact) mass is 443 g/mol. The lowest BCUT2D eigenvalue weighted by Gasteiger charge is -2.37. The van der Waals surface area contributed by atoms with E-state index < -0.39 is 4.92 Å². The van der Waals surface area contributed by atoms with Crippen LogP contribution in [0.15, 0.2) is 65.8 Å². The van der Waals surface area contributed by atoms with Gasteiger partial charge in [-0.2, -0.15) is 10.1 Å². The van der Waals surface area contributed by atoms with Crippen molar-refractivity contribution in [3.63, 3.8) is 0 Å². The van der Waals surface area contributed by atoms with Crippen molar-refractivity contribution >= 4 is 23.7 Å². The minimum absolute atomic E-state index is 0.0392. The SMILES string of the molecule is O=C1C2C3C=CC(C4CC34)C2C(=O)N1N=Cc1ccc(OCc2ccc([N+](=O)[O-])cc2)cc1. The minimum Gasteiger partial charge on any atom is -0.489 e. The van der Waals surface area contributed by atoms with Crippen LogP contribution >= 0.6 is 0 Å². The van der Waals surface area contributed by atoms with Crippen molar-refractivity contribution in [2.75, 3.05) is 0 Å². The summed E-state index contributed by atoms with van der Waals surface area (Å²) in [6.45, 7) is 0.281. The van der Waals surface area contributed by atoms with Crippen LogP contribution < -0.4 is 4.74 Å². The van der Waals surface area contributed by atoms with Crippen LogP contribution in [0.3, 0.4) is 0 Å². The molecule has 2 amide bonds. The van der Waals surface area contributed by atoms with E-state index in [1.165, 1.54) is 18.3 Å². The summed E-state index contributed by atoms with van der Waals surface area (Å²) >= 11 is 0. The average Bonchev–Trinajstić information content (AvgIpc) is 3.62. The van der Waals surface area contributed by atoms with Gasteiger partial charge in [0.1, 0.15) is 12.4 Å². The van der Waals surface area contributed by atoms with Gasteiger partial charge in [0.2, 0.25) is 0 Å². The number of imide groups is 1. The molecule has 6 atom stereocenters. The maximum Gasteiger partial charge on any atom is 0.269 e. The summed E-state index contributed by atoms with van der Waals surface area (Å²) < 4.78 is 5.73. The third kappa shape index (κ3) is 3.25. The first-order valence-electron chi connectivity index (χ1n) is 11.1. The largest absolute Gasteiger partial charge is 0.489 e. The molecule has 2 saturated carbocycles. The Kier molecular flexibility index (Phi) is 4.43. The fourth-order valence-corrected chi connectivity index (χ4v) is 5.71. The minimum atomic E-state index is -0.439. The number of nitrogens with zero attached hydrogens (tertiary/aromatic N) is 3. The van der Waals surface area contributed by atoms with E-state index in [4.69, 9.17) is 4.74 Å². The number of allylic oxidation sites excluding steroid dienone is 2. The molecule has 7 rings (SSSR count). The maximum atomic E-state index is 13.0. The summed E-state index contributed by atoms with van der Waals surface area (Å²) in [6, 6.07) is 13.4. The Bertz CT molecular complexity index is 1170. The van der Waals surface area contributed by atoms with E-state index in [9.17, 15) is 19.7 Å². The van der Waals surface area contributed by atoms with Crippen LogP contribution in [0.5, 0.6) is 5.75 Å². The molecule has 33 heavy (non-hydrogen) atoms. The second-order valence-corrected chi connectivity index (χ2v) is 9.17. The fraction of sp³-hybridized carbons (Fsp3) is 0.320. The molecule has 8 nitrogen and oxygen atoms in total. The molecule has 0 spiro atoms. The van der Waals surface area contributed by atoms with Gasteiger partial charge in [-0.3, -0.25) is 19.7 Å². The zero-order valence-electron chi connectivity index (χ0n) is 17.6. The van der Waals surface area contributed by atoms with Crippen molar-refractivity contribution in [1.82, 2.24) is 5.01 Å². The standard InChI is InChI=1S/C25H21N3O5/c29-24-22-18-9-10-19(21-11-20(18)21)23(22)25(30)27(24)26-12-14-3-7-17(8-4-14)33-13-15-1-5-16(6-2-15)28(31)32/h1-10,12,18-23H,11,13H2. The van der Waals surface area contributed by atoms with Gasteiger partial charge in [0.25, 0.3) is 17.5 Å². The Morgan fingerprint density at radius 1 is 0.970 bits per heavy atom. The maximum absolute atomic E-state index is 13.0. The fourth-order valence-electron chi connectivity index (χ4n) is 5.71. The lowest BCUT2D eigenvalue weighted by atomic mass is 9.63. The topological polar surface area (TPSA) is 102 Å². The predicted molar refractivity (Wildman–Crippen MR) is 118 cm³/mol. The third-order valence-electron chi connectivity index (χ3n) is 7.39. The predicted octanol–water partition coefficient (Wildman–Crippen LogP) is 3.56. The second-order valence-electron chi connectivity index (χ2n) is 9.17. The van der Waals surface area contributed by atoms with Crippen molar-refractivity contribution in [3.8, 4) is 5.75 Å². The number of nitro benzene ring substituents is 1. The van der Waals surface area contributed by atoms with Crippen LogP contribution in [0.25, 0.3) is 0 Å². The zero-order valence-corrected chi connectivity index (χ0v) is 17.6. The summed E-state index contributed by atoms with van der Waals surface area (Å²) in [5.41, 5.74) is 1.61. The number of amides is 2. The first-order chi connectivity index (χ1) is 16.0. The van der Waals surface area contributed by atoms with E-state index in [-0.39, 0.29) is 47.8 Å². The highest BCUT2D eigenvalue weighted by Crippen LogP contribution is 2.65. The lowest BCUT2D eigenvalue weighted by molar-refractivity contribution is -0.384. The molecule has 4 aliphatic carbocycles. The Hall–Kier alpha value is -3.81. The van der Waals surface area contributed by atoms with Crippen molar-refractivity contribution in [2.24, 2.45) is 40.6 Å². The molecule has 3 fully saturated rings. The molecular formula is C25H21N3O5. The normalized spacial score (nSPS) is 31.1. The highest BCUT2D eigenvalue weighted by Gasteiger charge is 2.67. The smallest absolute Gasteiger partial charge is 0.269 e. The van der Waals surface area contributed by atoms with E-state index in [0.717, 1.165) is 22.6 Å². The van der Waals surface area contributed by atoms with Crippen LogP contribution in [-0.2, 0) is 16.2 Å². The summed E-state index contributed by atoms with van der Waals surface area (Å²) in [4.78, 5) is 36.2. The van der Waals surface area contributed by atoms with Gasteiger partial charge in [0.15, 0.2) is 0 Å². The lowest BCUT2D eigenvalue weighted by Crippen LogP contribution is -2.40. The summed E-state index contributed by atoms with van der Waals surface area (Å²) in [5.74, 6) is 1.31. The second kappa shape index (κ2) is 7.37. The van der Waals surface area contributed by atoms with Gasteiger partial charge in [0, 0.05) is 12.1 Å². The van der Waals surface area contributed by atoms with E-state index >= 15 is 0 Å². The van der Waals surface area contributed by atoms with Crippen molar-refractivity contribution < 1.29 is 19.2 Å². The highest BCUT2D eigenvalue weighted by atomic mass is 16.6. The van der Waals surface area contributed by atoms with Crippen LogP contribution in [-0.4, -0.2) is 28.0 Å². The molecule has 2 aromatic carbocycles. The molecular weight excluding hydrogens is 422 g/mol. The first kappa shape index (κ1) is 19.8. The van der Waals surface area contributed by atoms with Gasteiger partial charge in [-0.25, -0.2) is 0 Å². The molecule has 1 aliphatic heterocycles. The zero-order chi connectivity index (χ0) is 22.7. The molecule has 0 aromatic heterocycles. The summed E-state index contributed by atoms with van der Waals surface area (Å²) in [6.07, 6.45) is 6.96. The van der Waals surface area contributed by atoms with Crippen LogP contribution in [0, 0.1) is 45.6 Å². The Morgan fingerprint density at radius 3 is 2.15 bits per heavy atom. The van der Waals surface area contributed by atoms with Crippen LogP contribution in [0.1, 0.15) is 17.5 Å². The van der Waals surface area contributed by atoms with Crippen LogP contribution in [0.4, 0.5) is 5.69 Å². The number of hydrogen-bond donors (Lipinski definition) is 0. The molecule has 2 bridgehead atoms. The number of carbonyl (C=O) groups excluding carboxylic acids is 2. The molecule has 8 heteroatoms. The van der Waals surface area contributed by atoms with Gasteiger partial charge in [0.05, 0.1) is 23.0 Å². The summed E-state index contributed by atoms with van der Waals surface area (Å²) in [5, 5.41) is 16.1. The molecule has 0 N–H and O–H groups in total. The van der Waals surface area contributed by atoms with Gasteiger partial charge >= 0.3 is 0 Å². The Morgan fingerprint density at radius 2 is 1.58 bits per heavy atom. The number of nitro groups is 1. The van der Waals surface area contributed by atoms with Crippen LogP contribution in [0.2, 0.25) is 0 Å². The molecule has 0 radical (unpaired) electrons. The van der Waals surface area contributed by atoms with E-state index in [0.29, 0.717) is 17.6 Å². The molecule has 166 valence electrons. The molecule has 1 saturated heterocycles. The molecule has 1 heterocycles. The number of ether oxygens (including phenoxy) is 1. The van der Waals surface area contributed by atoms with Crippen molar-refractivity contribution in [1.29, 1.82) is 0 Å². The molecule has 5 aliphatic rings. The third-order valence-corrected chi connectivity index (χ3v) is 7.39. The quantitative estimate of drug-likeness (QED) is 0.223.